The van der Waals surface area contributed by atoms with Gasteiger partial charge in [0.25, 0.3) is 0 Å². The van der Waals surface area contributed by atoms with Crippen molar-refractivity contribution >= 4 is 11.5 Å². The third kappa shape index (κ3) is 3.07. The molecule has 2 rings (SSSR count). The molecule has 2 heterocycles. The molecule has 2 aromatic rings. The maximum Gasteiger partial charge on any atom is 0.148 e. The van der Waals surface area contributed by atoms with Gasteiger partial charge in [0.05, 0.1) is 17.1 Å². The number of nitrogens with two attached hydrogens (primary N) is 1. The molecule has 0 aromatic carbocycles. The topological polar surface area (TPSA) is 73.7 Å². The van der Waals surface area contributed by atoms with Gasteiger partial charge in [-0.3, -0.25) is 4.68 Å². The van der Waals surface area contributed by atoms with Crippen molar-refractivity contribution in [2.24, 2.45) is 7.05 Å². The molecule has 0 aliphatic rings. The zero-order valence-electron chi connectivity index (χ0n) is 11.8. The first kappa shape index (κ1) is 13.5. The molecule has 0 radical (unpaired) electrons. The minimum Gasteiger partial charge on any atom is -0.394 e. The molecule has 0 saturated carbocycles. The van der Waals surface area contributed by atoms with E-state index in [2.05, 4.69) is 22.4 Å². The summed E-state index contributed by atoms with van der Waals surface area (Å²) in [7, 11) is 1.93. The highest BCUT2D eigenvalue weighted by Gasteiger charge is 2.11. The van der Waals surface area contributed by atoms with Gasteiger partial charge in [0.2, 0.25) is 0 Å². The summed E-state index contributed by atoms with van der Waals surface area (Å²) in [6.45, 7) is 5.75. The first-order valence-electron chi connectivity index (χ1n) is 6.67. The van der Waals surface area contributed by atoms with E-state index in [0.717, 1.165) is 48.8 Å². The van der Waals surface area contributed by atoms with Gasteiger partial charge >= 0.3 is 0 Å². The molecule has 0 aliphatic carbocycles. The summed E-state index contributed by atoms with van der Waals surface area (Å²) in [5, 5.41) is 12.2. The van der Waals surface area contributed by atoms with Crippen molar-refractivity contribution in [3.63, 3.8) is 0 Å². The van der Waals surface area contributed by atoms with Crippen LogP contribution in [-0.2, 0) is 20.0 Å². The van der Waals surface area contributed by atoms with E-state index >= 15 is 0 Å². The smallest absolute Gasteiger partial charge is 0.148 e. The predicted octanol–water partition coefficient (Wildman–Crippen LogP) is 1.57. The second-order valence-electron chi connectivity index (χ2n) is 4.73. The number of aromatic nitrogens is 4. The molecule has 0 aliphatic heterocycles. The van der Waals surface area contributed by atoms with E-state index in [1.54, 1.807) is 0 Å². The molecular weight excluding hydrogens is 240 g/mol. The molecule has 6 heteroatoms. The van der Waals surface area contributed by atoms with Crippen LogP contribution in [-0.4, -0.2) is 26.1 Å². The third-order valence-electron chi connectivity index (χ3n) is 3.05. The number of rotatable bonds is 6. The fourth-order valence-corrected chi connectivity index (χ4v) is 2.06. The summed E-state index contributed by atoms with van der Waals surface area (Å²) >= 11 is 0. The fourth-order valence-electron chi connectivity index (χ4n) is 2.06. The largest absolute Gasteiger partial charge is 0.394 e. The number of nitrogen functional groups attached to an aromatic ring is 1. The van der Waals surface area contributed by atoms with Gasteiger partial charge in [0, 0.05) is 32.8 Å². The Morgan fingerprint density at radius 2 is 2.16 bits per heavy atom. The number of anilines is 2. The molecule has 19 heavy (non-hydrogen) atoms. The van der Waals surface area contributed by atoms with Crippen LogP contribution in [0.25, 0.3) is 0 Å². The molecule has 0 amide bonds. The molecule has 0 saturated heterocycles. The number of hydrogen-bond acceptors (Lipinski definition) is 4. The molecule has 0 bridgehead atoms. The zero-order chi connectivity index (χ0) is 13.8. The minimum absolute atomic E-state index is 0.745. The van der Waals surface area contributed by atoms with Crippen LogP contribution in [0.15, 0.2) is 12.3 Å². The molecular formula is C13H22N6. The van der Waals surface area contributed by atoms with Crippen LogP contribution in [0.3, 0.4) is 0 Å². The highest BCUT2D eigenvalue weighted by atomic mass is 15.3. The molecule has 0 spiro atoms. The average molecular weight is 262 g/mol. The van der Waals surface area contributed by atoms with Gasteiger partial charge in [0.1, 0.15) is 5.82 Å². The van der Waals surface area contributed by atoms with Crippen LogP contribution < -0.4 is 11.1 Å². The van der Waals surface area contributed by atoms with Crippen LogP contribution in [0.5, 0.6) is 0 Å². The molecule has 0 unspecified atom stereocenters. The summed E-state index contributed by atoms with van der Waals surface area (Å²) < 4.78 is 3.76. The Balaban J connectivity index is 1.98. The van der Waals surface area contributed by atoms with Gasteiger partial charge in [0.15, 0.2) is 0 Å². The van der Waals surface area contributed by atoms with Crippen molar-refractivity contribution in [1.29, 1.82) is 0 Å². The summed E-state index contributed by atoms with van der Waals surface area (Å²) in [4.78, 5) is 0. The Kier molecular flexibility index (Phi) is 4.09. The van der Waals surface area contributed by atoms with Gasteiger partial charge in [-0.15, -0.1) is 0 Å². The first-order valence-corrected chi connectivity index (χ1v) is 6.67. The molecule has 6 nitrogen and oxygen atoms in total. The lowest BCUT2D eigenvalue weighted by atomic mass is 10.3. The van der Waals surface area contributed by atoms with Crippen molar-refractivity contribution < 1.29 is 0 Å². The summed E-state index contributed by atoms with van der Waals surface area (Å²) in [5.41, 5.74) is 8.76. The average Bonchev–Trinajstić information content (AvgIpc) is 2.89. The maximum absolute atomic E-state index is 6.05. The van der Waals surface area contributed by atoms with Crippen LogP contribution in [0, 0.1) is 6.92 Å². The highest BCUT2D eigenvalue weighted by Crippen LogP contribution is 2.22. The second kappa shape index (κ2) is 5.77. The maximum atomic E-state index is 6.05. The third-order valence-corrected chi connectivity index (χ3v) is 3.05. The standard InChI is InChI=1S/C13H22N6/c1-4-8-19-13(12(14)10(2)16-19)15-7-5-11-6-9-18(3)17-11/h6,9,15H,4-5,7-8,14H2,1-3H3. The van der Waals surface area contributed by atoms with E-state index < -0.39 is 0 Å². The van der Waals surface area contributed by atoms with Crippen molar-refractivity contribution in [2.75, 3.05) is 17.6 Å². The Bertz CT molecular complexity index is 539. The Hall–Kier alpha value is -1.98. The summed E-state index contributed by atoms with van der Waals surface area (Å²) in [6.07, 6.45) is 3.86. The van der Waals surface area contributed by atoms with Crippen molar-refractivity contribution in [3.05, 3.63) is 23.7 Å². The molecule has 0 fully saturated rings. The molecule has 104 valence electrons. The van der Waals surface area contributed by atoms with Gasteiger partial charge in [-0.05, 0) is 19.4 Å². The van der Waals surface area contributed by atoms with Crippen LogP contribution >= 0.6 is 0 Å². The van der Waals surface area contributed by atoms with E-state index in [1.807, 2.05) is 35.6 Å². The van der Waals surface area contributed by atoms with Crippen LogP contribution in [0.4, 0.5) is 11.5 Å². The van der Waals surface area contributed by atoms with E-state index in [9.17, 15) is 0 Å². The highest BCUT2D eigenvalue weighted by molar-refractivity contribution is 5.64. The second-order valence-corrected chi connectivity index (χ2v) is 4.73. The molecule has 0 atom stereocenters. The minimum atomic E-state index is 0.745. The lowest BCUT2D eigenvalue weighted by molar-refractivity contribution is 0.602. The van der Waals surface area contributed by atoms with Crippen molar-refractivity contribution in [1.82, 2.24) is 19.6 Å². The molecule has 3 N–H and O–H groups in total. The Morgan fingerprint density at radius 1 is 1.37 bits per heavy atom. The summed E-state index contributed by atoms with van der Waals surface area (Å²) in [5.74, 6) is 0.926. The summed E-state index contributed by atoms with van der Waals surface area (Å²) in [6, 6.07) is 2.03. The van der Waals surface area contributed by atoms with Crippen molar-refractivity contribution in [3.8, 4) is 0 Å². The van der Waals surface area contributed by atoms with E-state index in [0.29, 0.717) is 0 Å². The lowest BCUT2D eigenvalue weighted by Crippen LogP contribution is -2.12. The lowest BCUT2D eigenvalue weighted by Gasteiger charge is -2.09. The molecule has 2 aromatic heterocycles. The first-order chi connectivity index (χ1) is 9.11. The van der Waals surface area contributed by atoms with Gasteiger partial charge in [-0.2, -0.15) is 10.2 Å². The number of hydrogen-bond donors (Lipinski definition) is 2. The van der Waals surface area contributed by atoms with Crippen molar-refractivity contribution in [2.45, 2.75) is 33.2 Å². The zero-order valence-corrected chi connectivity index (χ0v) is 11.8. The van der Waals surface area contributed by atoms with Gasteiger partial charge in [-0.1, -0.05) is 6.92 Å². The van der Waals surface area contributed by atoms with Crippen LogP contribution in [0.2, 0.25) is 0 Å². The monoisotopic (exact) mass is 262 g/mol. The normalized spacial score (nSPS) is 10.9. The Labute approximate surface area is 113 Å². The van der Waals surface area contributed by atoms with Gasteiger partial charge in [-0.25, -0.2) is 4.68 Å². The van der Waals surface area contributed by atoms with Crippen LogP contribution in [0.1, 0.15) is 24.7 Å². The number of aryl methyl sites for hydroxylation is 3. The van der Waals surface area contributed by atoms with E-state index in [4.69, 9.17) is 5.73 Å². The Morgan fingerprint density at radius 3 is 2.79 bits per heavy atom. The van der Waals surface area contributed by atoms with E-state index in [1.165, 1.54) is 0 Å². The number of nitrogens with zero attached hydrogens (tertiary/aromatic N) is 4. The number of nitrogens with one attached hydrogen (secondary N) is 1. The van der Waals surface area contributed by atoms with Gasteiger partial charge < -0.3 is 11.1 Å². The van der Waals surface area contributed by atoms with E-state index in [-0.39, 0.29) is 0 Å². The quantitative estimate of drug-likeness (QED) is 0.828. The fraction of sp³-hybridized carbons (Fsp3) is 0.538. The SMILES string of the molecule is CCCn1nc(C)c(N)c1NCCc1ccn(C)n1. The predicted molar refractivity (Wildman–Crippen MR) is 77.1 cm³/mol.